The Morgan fingerprint density at radius 2 is 2.19 bits per heavy atom. The number of hydrogen-bond acceptors (Lipinski definition) is 4. The summed E-state index contributed by atoms with van der Waals surface area (Å²) in [6.45, 7) is 5.31. The van der Waals surface area contributed by atoms with E-state index in [2.05, 4.69) is 4.90 Å². The van der Waals surface area contributed by atoms with Crippen molar-refractivity contribution >= 4 is 11.7 Å². The molecule has 2 rings (SSSR count). The maximum absolute atomic E-state index is 11.2. The number of carboxylic acids is 1. The van der Waals surface area contributed by atoms with Crippen molar-refractivity contribution in [1.82, 2.24) is 4.90 Å². The first-order chi connectivity index (χ1) is 9.88. The molecular formula is C15H20N2O4. The van der Waals surface area contributed by atoms with E-state index in [4.69, 9.17) is 0 Å². The minimum absolute atomic E-state index is 0.0329. The third kappa shape index (κ3) is 3.58. The van der Waals surface area contributed by atoms with Gasteiger partial charge in [-0.1, -0.05) is 19.1 Å². The summed E-state index contributed by atoms with van der Waals surface area (Å²) >= 11 is 0. The number of aliphatic carboxylic acids is 1. The van der Waals surface area contributed by atoms with Crippen LogP contribution >= 0.6 is 0 Å². The standard InChI is InChI=1S/C15H20N2O4/c1-10-6-13(15(18)19)9-16(8-10)11(2)12-4-3-5-14(7-12)17(20)21/h3-5,7,10-11,13H,6,8-9H2,1-2H3,(H,18,19). The summed E-state index contributed by atoms with van der Waals surface area (Å²) in [4.78, 5) is 23.8. The molecule has 114 valence electrons. The van der Waals surface area contributed by atoms with Crippen molar-refractivity contribution in [2.45, 2.75) is 26.3 Å². The van der Waals surface area contributed by atoms with E-state index in [9.17, 15) is 20.0 Å². The normalized spacial score (nSPS) is 24.5. The van der Waals surface area contributed by atoms with Gasteiger partial charge in [0.2, 0.25) is 0 Å². The van der Waals surface area contributed by atoms with Crippen molar-refractivity contribution in [3.05, 3.63) is 39.9 Å². The number of hydrogen-bond donors (Lipinski definition) is 1. The molecule has 1 N–H and O–H groups in total. The van der Waals surface area contributed by atoms with Gasteiger partial charge in [0.15, 0.2) is 0 Å². The Balaban J connectivity index is 2.18. The van der Waals surface area contributed by atoms with E-state index in [-0.39, 0.29) is 17.6 Å². The topological polar surface area (TPSA) is 83.7 Å². The maximum Gasteiger partial charge on any atom is 0.307 e. The molecule has 1 aliphatic rings. The molecule has 1 aromatic rings. The number of carbonyl (C=O) groups is 1. The smallest absolute Gasteiger partial charge is 0.307 e. The first-order valence-electron chi connectivity index (χ1n) is 7.09. The Bertz CT molecular complexity index is 546. The highest BCUT2D eigenvalue weighted by Gasteiger charge is 2.32. The van der Waals surface area contributed by atoms with Gasteiger partial charge in [0, 0.05) is 31.3 Å². The monoisotopic (exact) mass is 292 g/mol. The fraction of sp³-hybridized carbons (Fsp3) is 0.533. The first-order valence-corrected chi connectivity index (χ1v) is 7.09. The largest absolute Gasteiger partial charge is 0.481 e. The second-order valence-electron chi connectivity index (χ2n) is 5.86. The van der Waals surface area contributed by atoms with Crippen LogP contribution in [0.25, 0.3) is 0 Å². The number of benzene rings is 1. The van der Waals surface area contributed by atoms with Crippen LogP contribution in [0.1, 0.15) is 31.9 Å². The zero-order valence-corrected chi connectivity index (χ0v) is 12.2. The van der Waals surface area contributed by atoms with Crippen molar-refractivity contribution in [2.24, 2.45) is 11.8 Å². The van der Waals surface area contributed by atoms with Gasteiger partial charge in [-0.2, -0.15) is 0 Å². The minimum atomic E-state index is -0.766. The van der Waals surface area contributed by atoms with Crippen LogP contribution in [-0.2, 0) is 4.79 Å². The van der Waals surface area contributed by atoms with Gasteiger partial charge in [-0.15, -0.1) is 0 Å². The number of nitro groups is 1. The van der Waals surface area contributed by atoms with Gasteiger partial charge in [0.05, 0.1) is 10.8 Å². The van der Waals surface area contributed by atoms with E-state index in [1.807, 2.05) is 19.9 Å². The molecule has 0 aliphatic carbocycles. The number of non-ortho nitro benzene ring substituents is 1. The molecule has 0 amide bonds. The van der Waals surface area contributed by atoms with Crippen molar-refractivity contribution in [3.63, 3.8) is 0 Å². The summed E-state index contributed by atoms with van der Waals surface area (Å²) < 4.78 is 0. The Labute approximate surface area is 123 Å². The molecule has 1 heterocycles. The van der Waals surface area contributed by atoms with E-state index in [0.29, 0.717) is 18.9 Å². The highest BCUT2D eigenvalue weighted by atomic mass is 16.6. The molecule has 3 atom stereocenters. The summed E-state index contributed by atoms with van der Waals surface area (Å²) in [5.74, 6) is -0.825. The van der Waals surface area contributed by atoms with Crippen LogP contribution in [0.15, 0.2) is 24.3 Å². The molecule has 1 fully saturated rings. The van der Waals surface area contributed by atoms with Crippen LogP contribution in [0.2, 0.25) is 0 Å². The van der Waals surface area contributed by atoms with E-state index < -0.39 is 10.9 Å². The van der Waals surface area contributed by atoms with Crippen molar-refractivity contribution in [3.8, 4) is 0 Å². The van der Waals surface area contributed by atoms with Gasteiger partial charge >= 0.3 is 5.97 Å². The molecule has 3 unspecified atom stereocenters. The zero-order valence-electron chi connectivity index (χ0n) is 12.2. The van der Waals surface area contributed by atoms with Gasteiger partial charge in [-0.3, -0.25) is 19.8 Å². The highest BCUT2D eigenvalue weighted by Crippen LogP contribution is 2.30. The lowest BCUT2D eigenvalue weighted by atomic mass is 9.89. The number of nitro benzene ring substituents is 1. The quantitative estimate of drug-likeness (QED) is 0.681. The number of piperidine rings is 1. The fourth-order valence-electron chi connectivity index (χ4n) is 3.00. The summed E-state index contributed by atoms with van der Waals surface area (Å²) in [6.07, 6.45) is 0.688. The lowest BCUT2D eigenvalue weighted by Crippen LogP contribution is -2.43. The predicted molar refractivity (Wildman–Crippen MR) is 78.0 cm³/mol. The number of rotatable bonds is 4. The van der Waals surface area contributed by atoms with E-state index in [1.165, 1.54) is 6.07 Å². The second-order valence-corrected chi connectivity index (χ2v) is 5.86. The molecule has 0 bridgehead atoms. The lowest BCUT2D eigenvalue weighted by molar-refractivity contribution is -0.385. The van der Waals surface area contributed by atoms with Crippen molar-refractivity contribution in [1.29, 1.82) is 0 Å². The van der Waals surface area contributed by atoms with Crippen LogP contribution in [0, 0.1) is 22.0 Å². The van der Waals surface area contributed by atoms with Crippen LogP contribution in [0.3, 0.4) is 0 Å². The Hall–Kier alpha value is -1.95. The molecular weight excluding hydrogens is 272 g/mol. The molecule has 0 saturated carbocycles. The molecule has 1 saturated heterocycles. The van der Waals surface area contributed by atoms with E-state index in [1.54, 1.807) is 12.1 Å². The molecule has 1 aromatic carbocycles. The highest BCUT2D eigenvalue weighted by molar-refractivity contribution is 5.70. The average molecular weight is 292 g/mol. The average Bonchev–Trinajstić information content (AvgIpc) is 2.45. The summed E-state index contributed by atoms with van der Waals surface area (Å²) in [5, 5.41) is 20.1. The van der Waals surface area contributed by atoms with Gasteiger partial charge in [-0.25, -0.2) is 0 Å². The molecule has 6 heteroatoms. The van der Waals surface area contributed by atoms with Gasteiger partial charge < -0.3 is 5.11 Å². The Kier molecular flexibility index (Phi) is 4.57. The SMILES string of the molecule is CC1CC(C(=O)O)CN(C(C)c2cccc([N+](=O)[O-])c2)C1. The molecule has 0 aromatic heterocycles. The molecule has 21 heavy (non-hydrogen) atoms. The van der Waals surface area contributed by atoms with E-state index in [0.717, 1.165) is 12.1 Å². The van der Waals surface area contributed by atoms with Gasteiger partial charge in [-0.05, 0) is 24.8 Å². The van der Waals surface area contributed by atoms with Crippen molar-refractivity contribution in [2.75, 3.05) is 13.1 Å². The molecule has 0 spiro atoms. The fourth-order valence-corrected chi connectivity index (χ4v) is 3.00. The second kappa shape index (κ2) is 6.22. The summed E-state index contributed by atoms with van der Waals surface area (Å²) in [7, 11) is 0. The van der Waals surface area contributed by atoms with Crippen LogP contribution in [0.4, 0.5) is 5.69 Å². The first kappa shape index (κ1) is 15.4. The number of carboxylic acid groups (broad SMARTS) is 1. The molecule has 0 radical (unpaired) electrons. The third-order valence-corrected chi connectivity index (χ3v) is 4.15. The molecule has 1 aliphatic heterocycles. The Morgan fingerprint density at radius 1 is 1.48 bits per heavy atom. The lowest BCUT2D eigenvalue weighted by Gasteiger charge is -2.38. The molecule has 6 nitrogen and oxygen atoms in total. The third-order valence-electron chi connectivity index (χ3n) is 4.15. The Morgan fingerprint density at radius 3 is 2.81 bits per heavy atom. The van der Waals surface area contributed by atoms with E-state index >= 15 is 0 Å². The maximum atomic E-state index is 11.2. The van der Waals surface area contributed by atoms with Crippen LogP contribution in [-0.4, -0.2) is 34.0 Å². The van der Waals surface area contributed by atoms with Crippen molar-refractivity contribution < 1.29 is 14.8 Å². The van der Waals surface area contributed by atoms with Crippen LogP contribution < -0.4 is 0 Å². The van der Waals surface area contributed by atoms with Gasteiger partial charge in [0.1, 0.15) is 0 Å². The van der Waals surface area contributed by atoms with Gasteiger partial charge in [0.25, 0.3) is 5.69 Å². The number of nitrogens with zero attached hydrogens (tertiary/aromatic N) is 2. The summed E-state index contributed by atoms with van der Waals surface area (Å²) in [6, 6.07) is 6.53. The predicted octanol–water partition coefficient (Wildman–Crippen LogP) is 2.70. The zero-order chi connectivity index (χ0) is 15.6. The van der Waals surface area contributed by atoms with Crippen LogP contribution in [0.5, 0.6) is 0 Å². The minimum Gasteiger partial charge on any atom is -0.481 e. The number of likely N-dealkylation sites (tertiary alicyclic amines) is 1. The summed E-state index contributed by atoms with van der Waals surface area (Å²) in [5.41, 5.74) is 0.918.